The molecule has 2 aliphatic rings. The van der Waals surface area contributed by atoms with Gasteiger partial charge in [0, 0.05) is 12.6 Å². The first-order valence-electron chi connectivity index (χ1n) is 8.23. The normalized spacial score (nSPS) is 20.6. The standard InChI is InChI=1S/C18H18FNO4S/c19-14-4-1-3-13(11-14)16-5-2-8-20(16)25(21,22)15-6-7-17-18(12-15)24-10-9-23-17/h1,3-4,6-7,11-12,16H,2,5,8-10H2. The Labute approximate surface area is 146 Å². The Morgan fingerprint density at radius 3 is 2.64 bits per heavy atom. The summed E-state index contributed by atoms with van der Waals surface area (Å²) in [5.74, 6) is 0.628. The first kappa shape index (κ1) is 16.4. The molecule has 1 saturated heterocycles. The molecule has 1 fully saturated rings. The SMILES string of the molecule is O=S(=O)(c1ccc2c(c1)OCCO2)N1CCCC1c1cccc(F)c1. The van der Waals surface area contributed by atoms with Crippen molar-refractivity contribution in [3.63, 3.8) is 0 Å². The fourth-order valence-corrected chi connectivity index (χ4v) is 5.09. The average Bonchev–Trinajstić information content (AvgIpc) is 3.12. The molecule has 0 amide bonds. The number of nitrogens with zero attached hydrogens (tertiary/aromatic N) is 1. The van der Waals surface area contributed by atoms with E-state index in [1.807, 2.05) is 0 Å². The molecule has 0 saturated carbocycles. The van der Waals surface area contributed by atoms with Crippen molar-refractivity contribution in [1.82, 2.24) is 4.31 Å². The number of benzene rings is 2. The van der Waals surface area contributed by atoms with Gasteiger partial charge in [-0.15, -0.1) is 0 Å². The number of ether oxygens (including phenoxy) is 2. The maximum atomic E-state index is 13.6. The molecule has 1 atom stereocenters. The van der Waals surface area contributed by atoms with Crippen molar-refractivity contribution >= 4 is 10.0 Å². The van der Waals surface area contributed by atoms with Gasteiger partial charge in [0.1, 0.15) is 19.0 Å². The minimum absolute atomic E-state index is 0.167. The van der Waals surface area contributed by atoms with Crippen LogP contribution < -0.4 is 9.47 Å². The van der Waals surface area contributed by atoms with Crippen molar-refractivity contribution in [3.8, 4) is 11.5 Å². The first-order chi connectivity index (χ1) is 12.1. The van der Waals surface area contributed by atoms with E-state index in [2.05, 4.69) is 0 Å². The summed E-state index contributed by atoms with van der Waals surface area (Å²) < 4.78 is 52.2. The molecular weight excluding hydrogens is 345 g/mol. The van der Waals surface area contributed by atoms with Gasteiger partial charge in [0.05, 0.1) is 10.9 Å². The molecule has 0 bridgehead atoms. The lowest BCUT2D eigenvalue weighted by molar-refractivity contribution is 0.171. The van der Waals surface area contributed by atoms with Gasteiger partial charge in [-0.3, -0.25) is 0 Å². The van der Waals surface area contributed by atoms with E-state index in [-0.39, 0.29) is 16.8 Å². The molecule has 4 rings (SSSR count). The lowest BCUT2D eigenvalue weighted by atomic mass is 10.1. The molecule has 0 radical (unpaired) electrons. The second-order valence-electron chi connectivity index (χ2n) is 6.13. The van der Waals surface area contributed by atoms with Gasteiger partial charge in [0.15, 0.2) is 11.5 Å². The van der Waals surface area contributed by atoms with Crippen LogP contribution in [0.15, 0.2) is 47.4 Å². The summed E-state index contributed by atoms with van der Waals surface area (Å²) in [4.78, 5) is 0.167. The second-order valence-corrected chi connectivity index (χ2v) is 8.02. The maximum Gasteiger partial charge on any atom is 0.243 e. The molecule has 132 valence electrons. The molecule has 5 nitrogen and oxygen atoms in total. The highest BCUT2D eigenvalue weighted by molar-refractivity contribution is 7.89. The summed E-state index contributed by atoms with van der Waals surface area (Å²) in [5, 5.41) is 0. The van der Waals surface area contributed by atoms with E-state index in [1.165, 1.54) is 28.6 Å². The Hall–Kier alpha value is -2.12. The fraction of sp³-hybridized carbons (Fsp3) is 0.333. The van der Waals surface area contributed by atoms with Crippen molar-refractivity contribution in [2.45, 2.75) is 23.8 Å². The van der Waals surface area contributed by atoms with Crippen LogP contribution in [0.5, 0.6) is 11.5 Å². The number of fused-ring (bicyclic) bond motifs is 1. The lowest BCUT2D eigenvalue weighted by Crippen LogP contribution is -2.31. The van der Waals surface area contributed by atoms with Gasteiger partial charge in [-0.1, -0.05) is 12.1 Å². The highest BCUT2D eigenvalue weighted by Gasteiger charge is 2.36. The number of hydrogen-bond acceptors (Lipinski definition) is 4. The van der Waals surface area contributed by atoms with E-state index in [1.54, 1.807) is 18.2 Å². The van der Waals surface area contributed by atoms with Crippen molar-refractivity contribution in [2.24, 2.45) is 0 Å². The molecule has 0 N–H and O–H groups in total. The van der Waals surface area contributed by atoms with Crippen LogP contribution in [0.2, 0.25) is 0 Å². The Kier molecular flexibility index (Phi) is 4.13. The third-order valence-electron chi connectivity index (χ3n) is 4.56. The summed E-state index contributed by atoms with van der Waals surface area (Å²) in [6.07, 6.45) is 1.41. The predicted molar refractivity (Wildman–Crippen MR) is 89.7 cm³/mol. The number of sulfonamides is 1. The van der Waals surface area contributed by atoms with Crippen molar-refractivity contribution < 1.29 is 22.3 Å². The van der Waals surface area contributed by atoms with E-state index in [0.717, 1.165) is 6.42 Å². The van der Waals surface area contributed by atoms with Crippen molar-refractivity contribution in [1.29, 1.82) is 0 Å². The molecule has 2 heterocycles. The number of hydrogen-bond donors (Lipinski definition) is 0. The van der Waals surface area contributed by atoms with Crippen molar-refractivity contribution in [3.05, 3.63) is 53.8 Å². The minimum atomic E-state index is -3.71. The second kappa shape index (κ2) is 6.31. The highest BCUT2D eigenvalue weighted by atomic mass is 32.2. The molecule has 2 aromatic rings. The summed E-state index contributed by atoms with van der Waals surface area (Å²) in [5.41, 5.74) is 0.679. The lowest BCUT2D eigenvalue weighted by Gasteiger charge is -2.25. The zero-order chi connectivity index (χ0) is 17.4. The van der Waals surface area contributed by atoms with Crippen LogP contribution in [0.3, 0.4) is 0 Å². The molecule has 0 aromatic heterocycles. The Balaban J connectivity index is 1.69. The van der Waals surface area contributed by atoms with Crippen LogP contribution in [0.25, 0.3) is 0 Å². The van der Waals surface area contributed by atoms with Crippen LogP contribution in [0.1, 0.15) is 24.4 Å². The maximum absolute atomic E-state index is 13.6. The zero-order valence-electron chi connectivity index (χ0n) is 13.5. The molecule has 0 spiro atoms. The van der Waals surface area contributed by atoms with Gasteiger partial charge in [-0.25, -0.2) is 12.8 Å². The van der Waals surface area contributed by atoms with Gasteiger partial charge in [0.25, 0.3) is 0 Å². The van der Waals surface area contributed by atoms with E-state index in [0.29, 0.717) is 43.2 Å². The summed E-state index contributed by atoms with van der Waals surface area (Å²) >= 11 is 0. The molecule has 7 heteroatoms. The highest BCUT2D eigenvalue weighted by Crippen LogP contribution is 2.39. The largest absolute Gasteiger partial charge is 0.486 e. The number of halogens is 1. The fourth-order valence-electron chi connectivity index (χ4n) is 3.39. The third-order valence-corrected chi connectivity index (χ3v) is 6.46. The van der Waals surface area contributed by atoms with Gasteiger partial charge in [-0.05, 0) is 42.7 Å². The minimum Gasteiger partial charge on any atom is -0.486 e. The van der Waals surface area contributed by atoms with E-state index in [4.69, 9.17) is 9.47 Å². The summed E-state index contributed by atoms with van der Waals surface area (Å²) in [6.45, 7) is 1.26. The van der Waals surface area contributed by atoms with E-state index < -0.39 is 10.0 Å². The van der Waals surface area contributed by atoms with Crippen LogP contribution >= 0.6 is 0 Å². The smallest absolute Gasteiger partial charge is 0.243 e. The quantitative estimate of drug-likeness (QED) is 0.841. The Morgan fingerprint density at radius 1 is 1.04 bits per heavy atom. The monoisotopic (exact) mass is 363 g/mol. The van der Waals surface area contributed by atoms with Crippen LogP contribution in [0, 0.1) is 5.82 Å². The topological polar surface area (TPSA) is 55.8 Å². The van der Waals surface area contributed by atoms with Crippen molar-refractivity contribution in [2.75, 3.05) is 19.8 Å². The molecular formula is C18H18FNO4S. The van der Waals surface area contributed by atoms with E-state index in [9.17, 15) is 12.8 Å². The van der Waals surface area contributed by atoms with Gasteiger partial charge in [-0.2, -0.15) is 4.31 Å². The Morgan fingerprint density at radius 2 is 1.84 bits per heavy atom. The number of rotatable bonds is 3. The van der Waals surface area contributed by atoms with Gasteiger partial charge in [0.2, 0.25) is 10.0 Å². The molecule has 2 aromatic carbocycles. The summed E-state index contributed by atoms with van der Waals surface area (Å²) in [7, 11) is -3.71. The molecule has 0 aliphatic carbocycles. The van der Waals surface area contributed by atoms with Crippen LogP contribution in [-0.4, -0.2) is 32.5 Å². The Bertz CT molecular complexity index is 900. The predicted octanol–water partition coefficient (Wildman–Crippen LogP) is 3.12. The average molecular weight is 363 g/mol. The van der Waals surface area contributed by atoms with Crippen LogP contribution in [0.4, 0.5) is 4.39 Å². The first-order valence-corrected chi connectivity index (χ1v) is 9.67. The van der Waals surface area contributed by atoms with Gasteiger partial charge >= 0.3 is 0 Å². The summed E-state index contributed by atoms with van der Waals surface area (Å²) in [6, 6.07) is 10.4. The van der Waals surface area contributed by atoms with E-state index >= 15 is 0 Å². The molecule has 1 unspecified atom stereocenters. The molecule has 2 aliphatic heterocycles. The van der Waals surface area contributed by atoms with Crippen LogP contribution in [-0.2, 0) is 10.0 Å². The van der Waals surface area contributed by atoms with Gasteiger partial charge < -0.3 is 9.47 Å². The zero-order valence-corrected chi connectivity index (χ0v) is 14.3. The molecule has 25 heavy (non-hydrogen) atoms. The third kappa shape index (κ3) is 2.98.